The number of anilines is 1. The van der Waals surface area contributed by atoms with Gasteiger partial charge in [-0.25, -0.2) is 9.79 Å². The van der Waals surface area contributed by atoms with E-state index in [4.69, 9.17) is 4.74 Å². The van der Waals surface area contributed by atoms with Crippen LogP contribution in [0.2, 0.25) is 0 Å². The molecule has 0 atom stereocenters. The molecular weight excluding hydrogens is 306 g/mol. The Bertz CT molecular complexity index is 620. The molecule has 0 aromatic heterocycles. The summed E-state index contributed by atoms with van der Waals surface area (Å²) in [5.74, 6) is 0.331. The highest BCUT2D eigenvalue weighted by Crippen LogP contribution is 2.27. The van der Waals surface area contributed by atoms with Crippen molar-refractivity contribution in [2.45, 2.75) is 57.0 Å². The second-order valence-corrected chi connectivity index (χ2v) is 6.54. The fourth-order valence-electron chi connectivity index (χ4n) is 2.94. The third-order valence-corrected chi connectivity index (χ3v) is 4.48. The lowest BCUT2D eigenvalue weighted by molar-refractivity contribution is 0.0601. The maximum atomic E-state index is 11.7. The van der Waals surface area contributed by atoms with Crippen LogP contribution in [0.4, 0.5) is 5.69 Å². The van der Waals surface area contributed by atoms with Crippen molar-refractivity contribution in [3.8, 4) is 5.75 Å². The van der Waals surface area contributed by atoms with Gasteiger partial charge in [0.15, 0.2) is 5.96 Å². The zero-order valence-corrected chi connectivity index (χ0v) is 14.0. The Labute approximate surface area is 142 Å². The molecule has 2 fully saturated rings. The van der Waals surface area contributed by atoms with E-state index in [1.54, 1.807) is 12.1 Å². The van der Waals surface area contributed by atoms with Crippen LogP contribution in [0.25, 0.3) is 0 Å². The van der Waals surface area contributed by atoms with Crippen molar-refractivity contribution >= 4 is 17.6 Å². The molecule has 0 aliphatic heterocycles. The van der Waals surface area contributed by atoms with Gasteiger partial charge in [0, 0.05) is 6.04 Å². The van der Waals surface area contributed by atoms with E-state index in [0.717, 1.165) is 25.7 Å². The molecule has 2 aliphatic rings. The largest absolute Gasteiger partial charge is 0.506 e. The molecule has 24 heavy (non-hydrogen) atoms. The molecule has 3 rings (SSSR count). The first-order chi connectivity index (χ1) is 11.7. The summed E-state index contributed by atoms with van der Waals surface area (Å²) in [6.07, 6.45) is 8.24. The number of aromatic hydroxyl groups is 1. The Morgan fingerprint density at radius 3 is 2.62 bits per heavy atom. The van der Waals surface area contributed by atoms with Gasteiger partial charge in [0.25, 0.3) is 0 Å². The number of carbonyl (C=O) groups excluding carboxylic acids is 1. The second kappa shape index (κ2) is 7.55. The van der Waals surface area contributed by atoms with Crippen LogP contribution >= 0.6 is 0 Å². The third kappa shape index (κ3) is 4.40. The average Bonchev–Trinajstić information content (AvgIpc) is 3.41. The standard InChI is InChI=1S/C18H25N3O3/c1-24-17(23)12-7-10-16(22)15(11-12)21-18(20-14-8-9-14)19-13-5-3-2-4-6-13/h7,10-11,13-14,22H,2-6,8-9H2,1H3,(H2,19,20,21). The Hall–Kier alpha value is -2.24. The van der Waals surface area contributed by atoms with E-state index in [2.05, 4.69) is 15.6 Å². The Kier molecular flexibility index (Phi) is 5.23. The molecule has 6 heteroatoms. The molecule has 0 saturated heterocycles. The van der Waals surface area contributed by atoms with E-state index < -0.39 is 5.97 Å². The first kappa shape index (κ1) is 16.6. The quantitative estimate of drug-likeness (QED) is 0.342. The van der Waals surface area contributed by atoms with Crippen LogP contribution in [0.15, 0.2) is 23.2 Å². The SMILES string of the molecule is COC(=O)c1ccc(O)c(NC(=NC2CC2)NC2CCCCC2)c1. The number of benzene rings is 1. The monoisotopic (exact) mass is 331 g/mol. The fourth-order valence-corrected chi connectivity index (χ4v) is 2.94. The maximum absolute atomic E-state index is 11.7. The van der Waals surface area contributed by atoms with Crippen molar-refractivity contribution in [3.63, 3.8) is 0 Å². The number of hydrogen-bond donors (Lipinski definition) is 3. The van der Waals surface area contributed by atoms with Crippen molar-refractivity contribution < 1.29 is 14.6 Å². The molecule has 0 amide bonds. The van der Waals surface area contributed by atoms with E-state index >= 15 is 0 Å². The van der Waals surface area contributed by atoms with Gasteiger partial charge in [-0.15, -0.1) is 0 Å². The summed E-state index contributed by atoms with van der Waals surface area (Å²) < 4.78 is 4.74. The summed E-state index contributed by atoms with van der Waals surface area (Å²) in [4.78, 5) is 16.4. The van der Waals surface area contributed by atoms with E-state index in [0.29, 0.717) is 29.3 Å². The summed E-state index contributed by atoms with van der Waals surface area (Å²) in [7, 11) is 1.34. The van der Waals surface area contributed by atoms with E-state index in [-0.39, 0.29) is 5.75 Å². The first-order valence-electron chi connectivity index (χ1n) is 8.68. The minimum atomic E-state index is -0.432. The molecule has 0 radical (unpaired) electrons. The van der Waals surface area contributed by atoms with Gasteiger partial charge in [-0.2, -0.15) is 0 Å². The number of esters is 1. The number of ether oxygens (including phenoxy) is 1. The van der Waals surface area contributed by atoms with Crippen molar-refractivity contribution in [2.75, 3.05) is 12.4 Å². The van der Waals surface area contributed by atoms with Crippen molar-refractivity contribution in [1.29, 1.82) is 0 Å². The molecule has 3 N–H and O–H groups in total. The van der Waals surface area contributed by atoms with Crippen LogP contribution in [0, 0.1) is 0 Å². The topological polar surface area (TPSA) is 83.0 Å². The van der Waals surface area contributed by atoms with Gasteiger partial charge < -0.3 is 20.5 Å². The molecular formula is C18H25N3O3. The summed E-state index contributed by atoms with van der Waals surface area (Å²) in [6, 6.07) is 5.39. The lowest BCUT2D eigenvalue weighted by atomic mass is 9.96. The molecule has 6 nitrogen and oxygen atoms in total. The summed E-state index contributed by atoms with van der Waals surface area (Å²) in [5.41, 5.74) is 0.849. The molecule has 0 bridgehead atoms. The van der Waals surface area contributed by atoms with Gasteiger partial charge >= 0.3 is 5.97 Å². The summed E-state index contributed by atoms with van der Waals surface area (Å²) in [5, 5.41) is 16.7. The third-order valence-electron chi connectivity index (χ3n) is 4.48. The Morgan fingerprint density at radius 1 is 1.21 bits per heavy atom. The number of phenols is 1. The highest BCUT2D eigenvalue weighted by atomic mass is 16.5. The normalized spacial score (nSPS) is 19.0. The van der Waals surface area contributed by atoms with Crippen LogP contribution in [0.5, 0.6) is 5.75 Å². The second-order valence-electron chi connectivity index (χ2n) is 6.54. The van der Waals surface area contributed by atoms with Crippen LogP contribution < -0.4 is 10.6 Å². The van der Waals surface area contributed by atoms with E-state index in [1.165, 1.54) is 32.4 Å². The van der Waals surface area contributed by atoms with Gasteiger partial charge in [-0.05, 0) is 43.9 Å². The number of aliphatic imine (C=N–C) groups is 1. The molecule has 2 saturated carbocycles. The van der Waals surface area contributed by atoms with E-state index in [9.17, 15) is 9.90 Å². The van der Waals surface area contributed by atoms with Gasteiger partial charge in [0.2, 0.25) is 0 Å². The zero-order chi connectivity index (χ0) is 16.9. The molecule has 1 aromatic rings. The summed E-state index contributed by atoms with van der Waals surface area (Å²) >= 11 is 0. The number of nitrogens with one attached hydrogen (secondary N) is 2. The molecule has 0 unspecified atom stereocenters. The van der Waals surface area contributed by atoms with Crippen LogP contribution in [0.3, 0.4) is 0 Å². The minimum absolute atomic E-state index is 0.0802. The first-order valence-corrected chi connectivity index (χ1v) is 8.68. The Morgan fingerprint density at radius 2 is 1.96 bits per heavy atom. The number of phenolic OH excluding ortho intramolecular Hbond substituents is 1. The molecule has 0 heterocycles. The smallest absolute Gasteiger partial charge is 0.337 e. The number of rotatable bonds is 4. The number of guanidine groups is 1. The average molecular weight is 331 g/mol. The highest BCUT2D eigenvalue weighted by Gasteiger charge is 2.23. The van der Waals surface area contributed by atoms with Crippen LogP contribution in [-0.4, -0.2) is 36.2 Å². The van der Waals surface area contributed by atoms with Gasteiger partial charge in [0.05, 0.1) is 24.4 Å². The minimum Gasteiger partial charge on any atom is -0.506 e. The predicted octanol–water partition coefficient (Wildman–Crippen LogP) is 3.03. The molecule has 1 aromatic carbocycles. The Balaban J connectivity index is 1.75. The predicted molar refractivity (Wildman–Crippen MR) is 93.5 cm³/mol. The van der Waals surface area contributed by atoms with E-state index in [1.807, 2.05) is 0 Å². The highest BCUT2D eigenvalue weighted by molar-refractivity contribution is 5.97. The zero-order valence-electron chi connectivity index (χ0n) is 14.0. The number of hydrogen-bond acceptors (Lipinski definition) is 4. The fraction of sp³-hybridized carbons (Fsp3) is 0.556. The van der Waals surface area contributed by atoms with Gasteiger partial charge in [0.1, 0.15) is 5.75 Å². The number of carbonyl (C=O) groups is 1. The van der Waals surface area contributed by atoms with Gasteiger partial charge in [-0.3, -0.25) is 0 Å². The van der Waals surface area contributed by atoms with Crippen molar-refractivity contribution in [1.82, 2.24) is 5.32 Å². The number of nitrogens with zero attached hydrogens (tertiary/aromatic N) is 1. The molecule has 2 aliphatic carbocycles. The lowest BCUT2D eigenvalue weighted by Gasteiger charge is -2.25. The summed E-state index contributed by atoms with van der Waals surface area (Å²) in [6.45, 7) is 0. The van der Waals surface area contributed by atoms with Crippen molar-refractivity contribution in [2.24, 2.45) is 4.99 Å². The lowest BCUT2D eigenvalue weighted by Crippen LogP contribution is -2.40. The van der Waals surface area contributed by atoms with Crippen LogP contribution in [0.1, 0.15) is 55.3 Å². The molecule has 130 valence electrons. The maximum Gasteiger partial charge on any atom is 0.337 e. The van der Waals surface area contributed by atoms with Crippen LogP contribution in [-0.2, 0) is 4.74 Å². The van der Waals surface area contributed by atoms with Gasteiger partial charge in [-0.1, -0.05) is 19.3 Å². The number of methoxy groups -OCH3 is 1. The van der Waals surface area contributed by atoms with Crippen molar-refractivity contribution in [3.05, 3.63) is 23.8 Å². The molecule has 0 spiro atoms.